The van der Waals surface area contributed by atoms with Gasteiger partial charge in [0.1, 0.15) is 11.2 Å². The Morgan fingerprint density at radius 1 is 0.385 bits per heavy atom. The molecule has 0 aliphatic carbocycles. The Labute approximate surface area is 244 Å². The van der Waals surface area contributed by atoms with Crippen LogP contribution in [0.15, 0.2) is 150 Å². The first-order valence-corrected chi connectivity index (χ1v) is 12.3. The molecule has 0 atom stereocenters. The zero-order chi connectivity index (χ0) is 37.1. The van der Waals surface area contributed by atoms with E-state index in [2.05, 4.69) is 0 Å². The maximum atomic E-state index is 9.11. The Bertz CT molecular complexity index is 2770. The number of rotatable bonds is 3. The predicted octanol–water partition coefficient (Wildman–Crippen LogP) is 10.9. The Balaban J connectivity index is 1.51. The van der Waals surface area contributed by atoms with Crippen molar-refractivity contribution in [1.82, 2.24) is 0 Å². The number of furan rings is 1. The minimum absolute atomic E-state index is 0.0861. The fourth-order valence-corrected chi connectivity index (χ4v) is 5.27. The Kier molecular flexibility index (Phi) is 2.82. The molecule has 0 radical (unpaired) electrons. The van der Waals surface area contributed by atoms with E-state index in [1.807, 2.05) is 42.5 Å². The van der Waals surface area contributed by atoms with Crippen LogP contribution in [0.1, 0.15) is 17.8 Å². The molecule has 0 fully saturated rings. The summed E-state index contributed by atoms with van der Waals surface area (Å²) in [5.41, 5.74) is 2.85. The maximum absolute atomic E-state index is 9.11. The standard InChI is InChI=1S/C38H24O/c1-2-10-26(11-3-1)37-30-13-4-6-15-32(30)38(33-16-7-5-14-31(33)37)27-20-18-25(19-21-27)28-22-23-36-34(24-28)29-12-8-9-17-35(29)39-36/h1-24H/i1D,2D,3D,4D,5D,6D,7D,10D,11D,13D,14D,15D,16D. The van der Waals surface area contributed by atoms with Crippen molar-refractivity contribution in [2.24, 2.45) is 0 Å². The second-order valence-corrected chi connectivity index (χ2v) is 9.14. The van der Waals surface area contributed by atoms with Crippen LogP contribution in [0.2, 0.25) is 0 Å². The average molecular weight is 510 g/mol. The highest BCUT2D eigenvalue weighted by Gasteiger charge is 2.16. The largest absolute Gasteiger partial charge is 0.456 e. The molecule has 39 heavy (non-hydrogen) atoms. The quantitative estimate of drug-likeness (QED) is 0.216. The fraction of sp³-hybridized carbons (Fsp3) is 0. The highest BCUT2D eigenvalue weighted by molar-refractivity contribution is 6.21. The Morgan fingerprint density at radius 3 is 1.56 bits per heavy atom. The van der Waals surface area contributed by atoms with Gasteiger partial charge in [-0.05, 0) is 73.1 Å². The van der Waals surface area contributed by atoms with Gasteiger partial charge < -0.3 is 4.42 Å². The van der Waals surface area contributed by atoms with Crippen LogP contribution in [0.4, 0.5) is 0 Å². The van der Waals surface area contributed by atoms with Crippen molar-refractivity contribution >= 4 is 43.5 Å². The van der Waals surface area contributed by atoms with Gasteiger partial charge in [0.2, 0.25) is 0 Å². The van der Waals surface area contributed by atoms with Crippen LogP contribution in [0.3, 0.4) is 0 Å². The molecule has 0 unspecified atom stereocenters. The normalized spacial score (nSPS) is 16.3. The van der Waals surface area contributed by atoms with E-state index < -0.39 is 84.1 Å². The van der Waals surface area contributed by atoms with Gasteiger partial charge in [0.25, 0.3) is 0 Å². The van der Waals surface area contributed by atoms with Crippen LogP contribution < -0.4 is 0 Å². The summed E-state index contributed by atoms with van der Waals surface area (Å²) in [6.45, 7) is 0. The van der Waals surface area contributed by atoms with E-state index in [1.165, 1.54) is 0 Å². The van der Waals surface area contributed by atoms with Crippen molar-refractivity contribution in [3.63, 3.8) is 0 Å². The second-order valence-electron chi connectivity index (χ2n) is 9.14. The zero-order valence-corrected chi connectivity index (χ0v) is 20.3. The first-order chi connectivity index (χ1) is 24.7. The van der Waals surface area contributed by atoms with Crippen molar-refractivity contribution in [2.75, 3.05) is 0 Å². The summed E-state index contributed by atoms with van der Waals surface area (Å²) in [7, 11) is 0. The van der Waals surface area contributed by atoms with Gasteiger partial charge in [-0.15, -0.1) is 0 Å². The van der Waals surface area contributed by atoms with Crippen LogP contribution in [-0.4, -0.2) is 0 Å². The summed E-state index contributed by atoms with van der Waals surface area (Å²) >= 11 is 0. The molecule has 7 aromatic carbocycles. The number of para-hydroxylation sites is 1. The van der Waals surface area contributed by atoms with Crippen molar-refractivity contribution in [3.8, 4) is 33.4 Å². The third kappa shape index (κ3) is 3.48. The van der Waals surface area contributed by atoms with Crippen molar-refractivity contribution in [3.05, 3.63) is 145 Å². The number of benzene rings is 7. The molecule has 8 aromatic rings. The first kappa shape index (κ1) is 12.6. The number of fused-ring (bicyclic) bond motifs is 5. The molecule has 0 amide bonds. The monoisotopic (exact) mass is 509 g/mol. The Hall–Kier alpha value is -5.14. The van der Waals surface area contributed by atoms with Gasteiger partial charge in [0, 0.05) is 10.8 Å². The van der Waals surface area contributed by atoms with Crippen molar-refractivity contribution < 1.29 is 22.2 Å². The van der Waals surface area contributed by atoms with Crippen LogP contribution >= 0.6 is 0 Å². The maximum Gasteiger partial charge on any atom is 0.135 e. The highest BCUT2D eigenvalue weighted by Crippen LogP contribution is 2.44. The van der Waals surface area contributed by atoms with E-state index in [0.717, 1.165) is 33.1 Å². The van der Waals surface area contributed by atoms with Gasteiger partial charge in [-0.3, -0.25) is 0 Å². The molecule has 1 aromatic heterocycles. The van der Waals surface area contributed by atoms with E-state index in [1.54, 1.807) is 24.3 Å². The van der Waals surface area contributed by atoms with Gasteiger partial charge in [-0.25, -0.2) is 0 Å². The van der Waals surface area contributed by atoms with Gasteiger partial charge >= 0.3 is 0 Å². The van der Waals surface area contributed by atoms with Gasteiger partial charge in [-0.2, -0.15) is 0 Å². The molecule has 0 aliphatic heterocycles. The summed E-state index contributed by atoms with van der Waals surface area (Å²) in [5.74, 6) is 0. The zero-order valence-electron chi connectivity index (χ0n) is 33.3. The summed E-state index contributed by atoms with van der Waals surface area (Å²) in [4.78, 5) is 0. The lowest BCUT2D eigenvalue weighted by Crippen LogP contribution is -1.90. The van der Waals surface area contributed by atoms with E-state index in [4.69, 9.17) is 22.2 Å². The van der Waals surface area contributed by atoms with Crippen LogP contribution in [0.5, 0.6) is 0 Å². The molecule has 0 aliphatic rings. The molecular formula is C38H24O. The van der Waals surface area contributed by atoms with E-state index in [9.17, 15) is 0 Å². The highest BCUT2D eigenvalue weighted by atomic mass is 16.3. The first-order valence-electron chi connectivity index (χ1n) is 18.8. The third-order valence-electron chi connectivity index (χ3n) is 7.01. The molecule has 1 heteroatoms. The van der Waals surface area contributed by atoms with Crippen molar-refractivity contribution in [2.45, 2.75) is 0 Å². The predicted molar refractivity (Wildman–Crippen MR) is 165 cm³/mol. The summed E-state index contributed by atoms with van der Waals surface area (Å²) in [6, 6.07) is 12.3. The van der Waals surface area contributed by atoms with Gasteiger partial charge in [-0.1, -0.05) is 127 Å². The smallest absolute Gasteiger partial charge is 0.135 e. The lowest BCUT2D eigenvalue weighted by molar-refractivity contribution is 0.669. The molecule has 0 saturated heterocycles. The molecule has 0 saturated carbocycles. The fourth-order valence-electron chi connectivity index (χ4n) is 5.27. The summed E-state index contributed by atoms with van der Waals surface area (Å²) in [6.07, 6.45) is 0. The third-order valence-corrected chi connectivity index (χ3v) is 7.01. The second kappa shape index (κ2) is 8.72. The van der Waals surface area contributed by atoms with Gasteiger partial charge in [0.05, 0.1) is 17.8 Å². The summed E-state index contributed by atoms with van der Waals surface area (Å²) in [5, 5.41) is 1.16. The van der Waals surface area contributed by atoms with Crippen molar-refractivity contribution in [1.29, 1.82) is 0 Å². The number of hydrogen-bond acceptors (Lipinski definition) is 1. The Morgan fingerprint density at radius 2 is 0.897 bits per heavy atom. The molecule has 1 nitrogen and oxygen atoms in total. The molecule has 0 bridgehead atoms. The molecule has 182 valence electrons. The minimum Gasteiger partial charge on any atom is -0.456 e. The van der Waals surface area contributed by atoms with Crippen LogP contribution in [0.25, 0.3) is 76.9 Å². The number of hydrogen-bond donors (Lipinski definition) is 0. The average Bonchev–Trinajstić information content (AvgIpc) is 3.53. The molecule has 0 spiro atoms. The molecular weight excluding hydrogens is 472 g/mol. The molecule has 1 heterocycles. The topological polar surface area (TPSA) is 13.1 Å². The molecule has 0 N–H and O–H groups in total. The SMILES string of the molecule is [2H]c1c([2H])c([2H])c(-c2c3c([2H])c([2H])c([2H])c([2H])c3c(-c3ccc(-c4ccc5oc6ccccc6c5c4)cc3)c3c([2H])c([2H])c([2H])c([2H])c23)c([2H])c1[2H]. The van der Waals surface area contributed by atoms with E-state index in [-0.39, 0.29) is 32.7 Å². The van der Waals surface area contributed by atoms with E-state index in [0.29, 0.717) is 5.56 Å². The minimum atomic E-state index is -0.708. The van der Waals surface area contributed by atoms with Crippen LogP contribution in [-0.2, 0) is 0 Å². The lowest BCUT2D eigenvalue weighted by atomic mass is 9.86. The van der Waals surface area contributed by atoms with Crippen LogP contribution in [0, 0.1) is 0 Å². The summed E-state index contributed by atoms with van der Waals surface area (Å²) < 4.78 is 119. The van der Waals surface area contributed by atoms with E-state index >= 15 is 0 Å². The molecule has 8 rings (SSSR count). The lowest BCUT2D eigenvalue weighted by Gasteiger charge is -2.18. The van der Waals surface area contributed by atoms with Gasteiger partial charge in [0.15, 0.2) is 0 Å².